The van der Waals surface area contributed by atoms with Crippen molar-refractivity contribution in [1.29, 1.82) is 0 Å². The Labute approximate surface area is 106 Å². The minimum Gasteiger partial charge on any atom is -0.366 e. The number of nitrogens with one attached hydrogen (secondary N) is 3. The van der Waals surface area contributed by atoms with Crippen molar-refractivity contribution in [2.24, 2.45) is 0 Å². The monoisotopic (exact) mass is 245 g/mol. The van der Waals surface area contributed by atoms with Crippen LogP contribution in [-0.4, -0.2) is 27.8 Å². The highest BCUT2D eigenvalue weighted by Crippen LogP contribution is 2.25. The molecular formula is C13H19N5. The van der Waals surface area contributed by atoms with Crippen LogP contribution in [-0.2, 0) is 0 Å². The van der Waals surface area contributed by atoms with Gasteiger partial charge in [0, 0.05) is 12.1 Å². The van der Waals surface area contributed by atoms with Crippen LogP contribution in [0.2, 0.25) is 0 Å². The standard InChI is InChI=1S/C13H19N5/c1-8(2)15-12-9-5-6-11(10-4-3-7-14-10)16-13(9)18-17-12/h5-6,8,10,14H,3-4,7H2,1-2H3,(H2,15,16,17,18)/t10-/m0/s1. The second kappa shape index (κ2) is 4.57. The number of pyridine rings is 1. The molecule has 0 spiro atoms. The third-order valence-electron chi connectivity index (χ3n) is 3.29. The van der Waals surface area contributed by atoms with Crippen LogP contribution in [0.25, 0.3) is 11.0 Å². The highest BCUT2D eigenvalue weighted by Gasteiger charge is 2.18. The molecular weight excluding hydrogens is 226 g/mol. The Morgan fingerprint density at radius 3 is 3.00 bits per heavy atom. The van der Waals surface area contributed by atoms with Gasteiger partial charge < -0.3 is 10.6 Å². The summed E-state index contributed by atoms with van der Waals surface area (Å²) < 4.78 is 0. The summed E-state index contributed by atoms with van der Waals surface area (Å²) in [4.78, 5) is 4.66. The zero-order valence-electron chi connectivity index (χ0n) is 10.8. The van der Waals surface area contributed by atoms with E-state index in [-0.39, 0.29) is 0 Å². The molecule has 0 bridgehead atoms. The maximum atomic E-state index is 4.66. The molecule has 3 N–H and O–H groups in total. The van der Waals surface area contributed by atoms with Crippen LogP contribution in [0.5, 0.6) is 0 Å². The van der Waals surface area contributed by atoms with E-state index in [9.17, 15) is 0 Å². The van der Waals surface area contributed by atoms with E-state index in [2.05, 4.69) is 51.8 Å². The van der Waals surface area contributed by atoms with E-state index in [1.54, 1.807) is 0 Å². The molecule has 0 saturated carbocycles. The van der Waals surface area contributed by atoms with E-state index in [1.807, 2.05) is 0 Å². The minimum absolute atomic E-state index is 0.368. The fourth-order valence-electron chi connectivity index (χ4n) is 2.43. The molecule has 3 rings (SSSR count). The Morgan fingerprint density at radius 1 is 1.39 bits per heavy atom. The number of rotatable bonds is 3. The molecule has 3 heterocycles. The number of aromatic nitrogens is 3. The van der Waals surface area contributed by atoms with E-state index in [4.69, 9.17) is 0 Å². The van der Waals surface area contributed by atoms with Gasteiger partial charge in [0.2, 0.25) is 0 Å². The fraction of sp³-hybridized carbons (Fsp3) is 0.538. The normalized spacial score (nSPS) is 19.8. The van der Waals surface area contributed by atoms with Crippen molar-refractivity contribution in [3.8, 4) is 0 Å². The molecule has 5 nitrogen and oxygen atoms in total. The summed E-state index contributed by atoms with van der Waals surface area (Å²) in [7, 11) is 0. The maximum absolute atomic E-state index is 4.66. The lowest BCUT2D eigenvalue weighted by Gasteiger charge is -2.09. The van der Waals surface area contributed by atoms with Crippen molar-refractivity contribution in [2.45, 2.75) is 38.8 Å². The molecule has 1 fully saturated rings. The van der Waals surface area contributed by atoms with Crippen LogP contribution in [0, 0.1) is 0 Å². The van der Waals surface area contributed by atoms with Crippen LogP contribution >= 0.6 is 0 Å². The smallest absolute Gasteiger partial charge is 0.157 e. The Morgan fingerprint density at radius 2 is 2.28 bits per heavy atom. The number of nitrogens with zero attached hydrogens (tertiary/aromatic N) is 2. The second-order valence-electron chi connectivity index (χ2n) is 5.15. The molecule has 0 aromatic carbocycles. The van der Waals surface area contributed by atoms with Crippen LogP contribution in [0.4, 0.5) is 5.82 Å². The van der Waals surface area contributed by atoms with Gasteiger partial charge >= 0.3 is 0 Å². The van der Waals surface area contributed by atoms with Gasteiger partial charge in [-0.3, -0.25) is 5.10 Å². The molecule has 1 aliphatic rings. The molecule has 0 radical (unpaired) electrons. The number of hydrogen-bond donors (Lipinski definition) is 3. The van der Waals surface area contributed by atoms with Gasteiger partial charge in [-0.2, -0.15) is 5.10 Å². The summed E-state index contributed by atoms with van der Waals surface area (Å²) in [6.07, 6.45) is 2.40. The lowest BCUT2D eigenvalue weighted by molar-refractivity contribution is 0.630. The van der Waals surface area contributed by atoms with Crippen LogP contribution in [0.15, 0.2) is 12.1 Å². The molecule has 18 heavy (non-hydrogen) atoms. The predicted molar refractivity (Wildman–Crippen MR) is 72.6 cm³/mol. The van der Waals surface area contributed by atoms with Crippen molar-refractivity contribution >= 4 is 16.9 Å². The summed E-state index contributed by atoms with van der Waals surface area (Å²) in [5.74, 6) is 0.887. The first kappa shape index (κ1) is 11.5. The summed E-state index contributed by atoms with van der Waals surface area (Å²) in [5.41, 5.74) is 1.98. The van der Waals surface area contributed by atoms with Gasteiger partial charge in [-0.1, -0.05) is 0 Å². The van der Waals surface area contributed by atoms with Gasteiger partial charge in [0.1, 0.15) is 0 Å². The lowest BCUT2D eigenvalue weighted by atomic mass is 10.1. The molecule has 0 aliphatic carbocycles. The van der Waals surface area contributed by atoms with Crippen molar-refractivity contribution in [3.63, 3.8) is 0 Å². The molecule has 1 atom stereocenters. The van der Waals surface area contributed by atoms with Crippen LogP contribution in [0.3, 0.4) is 0 Å². The molecule has 2 aromatic heterocycles. The van der Waals surface area contributed by atoms with Gasteiger partial charge in [-0.15, -0.1) is 0 Å². The van der Waals surface area contributed by atoms with Crippen molar-refractivity contribution < 1.29 is 0 Å². The van der Waals surface area contributed by atoms with E-state index in [0.29, 0.717) is 12.1 Å². The van der Waals surface area contributed by atoms with Crippen molar-refractivity contribution in [1.82, 2.24) is 20.5 Å². The predicted octanol–water partition coefficient (Wildman–Crippen LogP) is 2.20. The van der Waals surface area contributed by atoms with E-state index in [1.165, 1.54) is 12.8 Å². The summed E-state index contributed by atoms with van der Waals surface area (Å²) >= 11 is 0. The average Bonchev–Trinajstić information content (AvgIpc) is 2.97. The topological polar surface area (TPSA) is 65.6 Å². The van der Waals surface area contributed by atoms with Crippen molar-refractivity contribution in [3.05, 3.63) is 17.8 Å². The third kappa shape index (κ3) is 2.06. The summed E-state index contributed by atoms with van der Waals surface area (Å²) in [5, 5.41) is 15.1. The molecule has 1 saturated heterocycles. The van der Waals surface area contributed by atoms with Crippen LogP contribution < -0.4 is 10.6 Å². The number of H-pyrrole nitrogens is 1. The lowest BCUT2D eigenvalue weighted by Crippen LogP contribution is -2.14. The SMILES string of the molecule is CC(C)Nc1n[nH]c2nc([C@@H]3CCCN3)ccc12. The molecule has 2 aromatic rings. The zero-order valence-corrected chi connectivity index (χ0v) is 10.8. The molecule has 5 heteroatoms. The van der Waals surface area contributed by atoms with Gasteiger partial charge in [0.15, 0.2) is 11.5 Å². The van der Waals surface area contributed by atoms with Gasteiger partial charge in [-0.25, -0.2) is 4.98 Å². The van der Waals surface area contributed by atoms with Crippen LogP contribution in [0.1, 0.15) is 38.4 Å². The molecule has 1 aliphatic heterocycles. The average molecular weight is 245 g/mol. The number of aromatic amines is 1. The maximum Gasteiger partial charge on any atom is 0.157 e. The largest absolute Gasteiger partial charge is 0.366 e. The first-order chi connectivity index (χ1) is 8.74. The van der Waals surface area contributed by atoms with E-state index >= 15 is 0 Å². The Kier molecular flexibility index (Phi) is 2.91. The first-order valence-corrected chi connectivity index (χ1v) is 6.59. The third-order valence-corrected chi connectivity index (χ3v) is 3.29. The van der Waals surface area contributed by atoms with E-state index in [0.717, 1.165) is 29.1 Å². The minimum atomic E-state index is 0.368. The Balaban J connectivity index is 1.93. The fourth-order valence-corrected chi connectivity index (χ4v) is 2.43. The number of hydrogen-bond acceptors (Lipinski definition) is 4. The highest BCUT2D eigenvalue weighted by molar-refractivity contribution is 5.87. The molecule has 0 amide bonds. The van der Waals surface area contributed by atoms with Gasteiger partial charge in [0.05, 0.1) is 11.1 Å². The Hall–Kier alpha value is -1.62. The highest BCUT2D eigenvalue weighted by atomic mass is 15.2. The summed E-state index contributed by atoms with van der Waals surface area (Å²) in [6, 6.07) is 4.98. The summed E-state index contributed by atoms with van der Waals surface area (Å²) in [6.45, 7) is 5.29. The van der Waals surface area contributed by atoms with Gasteiger partial charge in [-0.05, 0) is 45.4 Å². The van der Waals surface area contributed by atoms with Gasteiger partial charge in [0.25, 0.3) is 0 Å². The Bertz CT molecular complexity index is 539. The number of anilines is 1. The molecule has 96 valence electrons. The second-order valence-corrected chi connectivity index (χ2v) is 5.15. The van der Waals surface area contributed by atoms with Crippen molar-refractivity contribution in [2.75, 3.05) is 11.9 Å². The van der Waals surface area contributed by atoms with E-state index < -0.39 is 0 Å². The zero-order chi connectivity index (χ0) is 12.5. The number of fused-ring (bicyclic) bond motifs is 1. The molecule has 0 unspecified atom stereocenters. The quantitative estimate of drug-likeness (QED) is 0.775. The first-order valence-electron chi connectivity index (χ1n) is 6.59.